The zero-order chi connectivity index (χ0) is 15.0. The van der Waals surface area contributed by atoms with Gasteiger partial charge in [0.25, 0.3) is 0 Å². The summed E-state index contributed by atoms with van der Waals surface area (Å²) in [6.07, 6.45) is -4.26. The van der Waals surface area contributed by atoms with Gasteiger partial charge in [-0.25, -0.2) is 4.39 Å². The quantitative estimate of drug-likeness (QED) is 0.555. The Morgan fingerprint density at radius 1 is 1.30 bits per heavy atom. The van der Waals surface area contributed by atoms with Crippen molar-refractivity contribution < 1.29 is 17.6 Å². The van der Waals surface area contributed by atoms with Crippen LogP contribution in [0.2, 0.25) is 0 Å². The molecule has 1 N–H and O–H groups in total. The highest BCUT2D eigenvalue weighted by Gasteiger charge is 2.26. The lowest BCUT2D eigenvalue weighted by molar-refractivity contribution is -0.135. The predicted octanol–water partition coefficient (Wildman–Crippen LogP) is 4.63. The first-order chi connectivity index (χ1) is 9.40. The first-order valence-corrected chi connectivity index (χ1v) is 7.58. The molecule has 20 heavy (non-hydrogen) atoms. The Balaban J connectivity index is 2.38. The van der Waals surface area contributed by atoms with Crippen molar-refractivity contribution in [2.24, 2.45) is 0 Å². The van der Waals surface area contributed by atoms with E-state index in [9.17, 15) is 17.6 Å². The molecule has 1 rings (SSSR count). The molecular weight excluding hydrogens is 290 g/mol. The van der Waals surface area contributed by atoms with Gasteiger partial charge in [0.1, 0.15) is 5.82 Å². The smallest absolute Gasteiger partial charge is 0.313 e. The summed E-state index contributed by atoms with van der Waals surface area (Å²) in [7, 11) is 0. The van der Waals surface area contributed by atoms with E-state index in [-0.39, 0.29) is 18.3 Å². The van der Waals surface area contributed by atoms with Crippen LogP contribution in [0, 0.1) is 5.82 Å². The Bertz CT molecular complexity index is 395. The number of nitrogens with one attached hydrogen (secondary N) is 1. The van der Waals surface area contributed by atoms with Gasteiger partial charge in [-0.2, -0.15) is 13.2 Å². The summed E-state index contributed by atoms with van der Waals surface area (Å²) >= 11 is 1.46. The van der Waals surface area contributed by atoms with E-state index in [1.165, 1.54) is 23.9 Å². The van der Waals surface area contributed by atoms with Crippen LogP contribution in [-0.2, 0) is 0 Å². The van der Waals surface area contributed by atoms with E-state index in [2.05, 4.69) is 5.32 Å². The van der Waals surface area contributed by atoms with Crippen LogP contribution in [-0.4, -0.2) is 24.5 Å². The average Bonchev–Trinajstić information content (AvgIpc) is 2.34. The van der Waals surface area contributed by atoms with Crippen molar-refractivity contribution in [1.29, 1.82) is 0 Å². The van der Waals surface area contributed by atoms with Gasteiger partial charge in [-0.3, -0.25) is 0 Å². The molecule has 6 heteroatoms. The number of hydrogen-bond acceptors (Lipinski definition) is 2. The normalized spacial score (nSPS) is 13.4. The van der Waals surface area contributed by atoms with Gasteiger partial charge in [0, 0.05) is 23.1 Å². The summed E-state index contributed by atoms with van der Waals surface area (Å²) in [5.74, 6) is 0.335. The second-order valence-electron chi connectivity index (χ2n) is 4.53. The SMILES string of the molecule is CCNC(CCCC(F)(F)F)CSc1cccc(F)c1. The molecule has 1 aromatic carbocycles. The Morgan fingerprint density at radius 2 is 2.05 bits per heavy atom. The molecule has 114 valence electrons. The van der Waals surface area contributed by atoms with E-state index in [4.69, 9.17) is 0 Å². The zero-order valence-corrected chi connectivity index (χ0v) is 12.2. The maximum absolute atomic E-state index is 13.0. The highest BCUT2D eigenvalue weighted by molar-refractivity contribution is 7.99. The fraction of sp³-hybridized carbons (Fsp3) is 0.571. The topological polar surface area (TPSA) is 12.0 Å². The van der Waals surface area contributed by atoms with Crippen molar-refractivity contribution in [1.82, 2.24) is 5.32 Å². The van der Waals surface area contributed by atoms with Crippen LogP contribution in [0.5, 0.6) is 0 Å². The molecule has 1 atom stereocenters. The maximum Gasteiger partial charge on any atom is 0.389 e. The first kappa shape index (κ1) is 17.3. The number of thioether (sulfide) groups is 1. The summed E-state index contributed by atoms with van der Waals surface area (Å²) in [4.78, 5) is 0.795. The average molecular weight is 309 g/mol. The fourth-order valence-corrected chi connectivity index (χ4v) is 2.88. The van der Waals surface area contributed by atoms with Crippen LogP contribution in [0.25, 0.3) is 0 Å². The van der Waals surface area contributed by atoms with Crippen molar-refractivity contribution in [2.45, 2.75) is 43.3 Å². The van der Waals surface area contributed by atoms with Crippen LogP contribution in [0.4, 0.5) is 17.6 Å². The van der Waals surface area contributed by atoms with Gasteiger partial charge in [0.15, 0.2) is 0 Å². The molecule has 0 heterocycles. The fourth-order valence-electron chi connectivity index (χ4n) is 1.84. The van der Waals surface area contributed by atoms with Gasteiger partial charge in [-0.05, 0) is 37.6 Å². The molecule has 0 aliphatic rings. The Kier molecular flexibility index (Phi) is 7.37. The predicted molar refractivity (Wildman–Crippen MR) is 74.5 cm³/mol. The third-order valence-electron chi connectivity index (χ3n) is 2.75. The van der Waals surface area contributed by atoms with E-state index in [0.717, 1.165) is 4.90 Å². The van der Waals surface area contributed by atoms with Gasteiger partial charge in [0.2, 0.25) is 0 Å². The van der Waals surface area contributed by atoms with Crippen molar-refractivity contribution >= 4 is 11.8 Å². The van der Waals surface area contributed by atoms with E-state index in [1.54, 1.807) is 12.1 Å². The van der Waals surface area contributed by atoms with E-state index >= 15 is 0 Å². The molecule has 0 spiro atoms. The molecular formula is C14H19F4NS. The number of halogens is 4. The number of benzene rings is 1. The molecule has 0 aromatic heterocycles. The first-order valence-electron chi connectivity index (χ1n) is 6.59. The van der Waals surface area contributed by atoms with Gasteiger partial charge in [0.05, 0.1) is 0 Å². The summed E-state index contributed by atoms with van der Waals surface area (Å²) in [6, 6.07) is 6.24. The van der Waals surface area contributed by atoms with Crippen LogP contribution < -0.4 is 5.32 Å². The number of rotatable bonds is 8. The van der Waals surface area contributed by atoms with Gasteiger partial charge < -0.3 is 5.32 Å². The van der Waals surface area contributed by atoms with Crippen molar-refractivity contribution in [3.8, 4) is 0 Å². The molecule has 1 nitrogen and oxygen atoms in total. The monoisotopic (exact) mass is 309 g/mol. The Hall–Kier alpha value is -0.750. The van der Waals surface area contributed by atoms with E-state index < -0.39 is 12.6 Å². The molecule has 0 saturated carbocycles. The minimum Gasteiger partial charge on any atom is -0.313 e. The Labute approximate surface area is 121 Å². The molecule has 1 aromatic rings. The van der Waals surface area contributed by atoms with E-state index in [1.807, 2.05) is 6.92 Å². The highest BCUT2D eigenvalue weighted by atomic mass is 32.2. The number of hydrogen-bond donors (Lipinski definition) is 1. The van der Waals surface area contributed by atoms with Crippen molar-refractivity contribution in [3.05, 3.63) is 30.1 Å². The van der Waals surface area contributed by atoms with Gasteiger partial charge in [-0.1, -0.05) is 13.0 Å². The molecule has 0 amide bonds. The Morgan fingerprint density at radius 3 is 2.65 bits per heavy atom. The standard InChI is InChI=1S/C14H19F4NS/c1-2-19-12(6-4-8-14(16,17)18)10-20-13-7-3-5-11(15)9-13/h3,5,7,9,12,19H,2,4,6,8,10H2,1H3. The number of alkyl halides is 3. The van der Waals surface area contributed by atoms with E-state index in [0.29, 0.717) is 18.7 Å². The summed E-state index contributed by atoms with van der Waals surface area (Å²) in [6.45, 7) is 2.63. The molecule has 0 fully saturated rings. The van der Waals surface area contributed by atoms with Gasteiger partial charge in [-0.15, -0.1) is 11.8 Å². The van der Waals surface area contributed by atoms with Crippen LogP contribution in [0.3, 0.4) is 0 Å². The summed E-state index contributed by atoms with van der Waals surface area (Å²) < 4.78 is 49.4. The van der Waals surface area contributed by atoms with Crippen LogP contribution in [0.1, 0.15) is 26.2 Å². The van der Waals surface area contributed by atoms with Gasteiger partial charge >= 0.3 is 6.18 Å². The zero-order valence-electron chi connectivity index (χ0n) is 11.3. The minimum absolute atomic E-state index is 0.00983. The lowest BCUT2D eigenvalue weighted by atomic mass is 10.1. The summed E-state index contributed by atoms with van der Waals surface area (Å²) in [5.41, 5.74) is 0. The molecule has 0 aliphatic heterocycles. The minimum atomic E-state index is -4.09. The second kappa shape index (κ2) is 8.52. The third-order valence-corrected chi connectivity index (χ3v) is 3.91. The van der Waals surface area contributed by atoms with Crippen molar-refractivity contribution in [3.63, 3.8) is 0 Å². The molecule has 1 unspecified atom stereocenters. The molecule has 0 aliphatic carbocycles. The molecule has 0 radical (unpaired) electrons. The highest BCUT2D eigenvalue weighted by Crippen LogP contribution is 2.24. The third kappa shape index (κ3) is 7.75. The largest absolute Gasteiger partial charge is 0.389 e. The second-order valence-corrected chi connectivity index (χ2v) is 5.62. The van der Waals surface area contributed by atoms with Crippen molar-refractivity contribution in [2.75, 3.05) is 12.3 Å². The maximum atomic E-state index is 13.0. The summed E-state index contributed by atoms with van der Waals surface area (Å²) in [5, 5.41) is 3.17. The lowest BCUT2D eigenvalue weighted by Crippen LogP contribution is -2.31. The molecule has 0 bridgehead atoms. The lowest BCUT2D eigenvalue weighted by Gasteiger charge is -2.18. The van der Waals surface area contributed by atoms with Crippen LogP contribution in [0.15, 0.2) is 29.2 Å². The molecule has 0 saturated heterocycles. The van der Waals surface area contributed by atoms with Crippen LogP contribution >= 0.6 is 11.8 Å².